The summed E-state index contributed by atoms with van der Waals surface area (Å²) in [4.78, 5) is 1.20. The van der Waals surface area contributed by atoms with Crippen LogP contribution in [-0.2, 0) is 0 Å². The second kappa shape index (κ2) is 3.81. The van der Waals surface area contributed by atoms with Crippen LogP contribution in [0.3, 0.4) is 0 Å². The number of fused-ring (bicyclic) bond motifs is 1. The molecule has 0 fully saturated rings. The van der Waals surface area contributed by atoms with Gasteiger partial charge in [0.25, 0.3) is 0 Å². The van der Waals surface area contributed by atoms with Crippen molar-refractivity contribution in [2.75, 3.05) is 11.9 Å². The van der Waals surface area contributed by atoms with Gasteiger partial charge in [-0.25, -0.2) is 0 Å². The van der Waals surface area contributed by atoms with Crippen molar-refractivity contribution in [3.8, 4) is 0 Å². The zero-order chi connectivity index (χ0) is 9.26. The lowest BCUT2D eigenvalue weighted by atomic mass is 10.3. The van der Waals surface area contributed by atoms with Crippen LogP contribution in [0.25, 0.3) is 0 Å². The molecule has 13 heavy (non-hydrogen) atoms. The zero-order valence-corrected chi connectivity index (χ0v) is 9.08. The van der Waals surface area contributed by atoms with Gasteiger partial charge in [-0.3, -0.25) is 0 Å². The Bertz CT molecular complexity index is 314. The minimum absolute atomic E-state index is 0.647. The summed E-state index contributed by atoms with van der Waals surface area (Å²) in [5.74, 6) is 0. The molecule has 1 unspecified atom stereocenters. The van der Waals surface area contributed by atoms with E-state index in [1.165, 1.54) is 17.0 Å². The lowest BCUT2D eigenvalue weighted by molar-refractivity contribution is 0.860. The van der Waals surface area contributed by atoms with E-state index in [4.69, 9.17) is 11.6 Å². The molecule has 1 nitrogen and oxygen atoms in total. The molecule has 70 valence electrons. The number of benzene rings is 1. The summed E-state index contributed by atoms with van der Waals surface area (Å²) >= 11 is 7.98. The minimum atomic E-state index is 0.647. The van der Waals surface area contributed by atoms with Gasteiger partial charge in [-0.15, -0.1) is 11.8 Å². The zero-order valence-electron chi connectivity index (χ0n) is 7.51. The van der Waals surface area contributed by atoms with E-state index in [9.17, 15) is 0 Å². The Kier molecular flexibility index (Phi) is 2.70. The molecule has 0 saturated carbocycles. The summed E-state index contributed by atoms with van der Waals surface area (Å²) in [6.45, 7) is 3.28. The Labute approximate surface area is 87.9 Å². The Balaban J connectivity index is 2.40. The molecule has 1 aromatic carbocycles. The van der Waals surface area contributed by atoms with Gasteiger partial charge < -0.3 is 5.32 Å². The molecule has 0 radical (unpaired) electrons. The standard InChI is InChI=1S/C10H12ClNS/c1-7-5-6-12-9-4-2-3-8(11)10(9)13-7/h2-4,7,12H,5-6H2,1H3. The van der Waals surface area contributed by atoms with Gasteiger partial charge in [-0.2, -0.15) is 0 Å². The van der Waals surface area contributed by atoms with Crippen LogP contribution in [-0.4, -0.2) is 11.8 Å². The number of nitrogens with one attached hydrogen (secondary N) is 1. The molecule has 0 saturated heterocycles. The number of rotatable bonds is 0. The van der Waals surface area contributed by atoms with Crippen LogP contribution in [0.2, 0.25) is 5.02 Å². The number of hydrogen-bond donors (Lipinski definition) is 1. The first kappa shape index (κ1) is 9.22. The first-order valence-corrected chi connectivity index (χ1v) is 5.72. The van der Waals surface area contributed by atoms with Crippen molar-refractivity contribution in [2.45, 2.75) is 23.5 Å². The maximum absolute atomic E-state index is 6.12. The van der Waals surface area contributed by atoms with Gasteiger partial charge in [-0.1, -0.05) is 24.6 Å². The third-order valence-corrected chi connectivity index (χ3v) is 3.89. The number of halogens is 1. The maximum Gasteiger partial charge on any atom is 0.0562 e. The molecule has 1 N–H and O–H groups in total. The third-order valence-electron chi connectivity index (χ3n) is 2.15. The van der Waals surface area contributed by atoms with Crippen molar-refractivity contribution in [2.24, 2.45) is 0 Å². The van der Waals surface area contributed by atoms with E-state index in [0.717, 1.165) is 11.6 Å². The van der Waals surface area contributed by atoms with Crippen molar-refractivity contribution in [3.05, 3.63) is 23.2 Å². The lowest BCUT2D eigenvalue weighted by Crippen LogP contribution is -2.03. The number of hydrogen-bond acceptors (Lipinski definition) is 2. The van der Waals surface area contributed by atoms with E-state index in [1.54, 1.807) is 0 Å². The Morgan fingerprint density at radius 3 is 3.23 bits per heavy atom. The fourth-order valence-corrected chi connectivity index (χ4v) is 2.83. The summed E-state index contributed by atoms with van der Waals surface area (Å²) in [7, 11) is 0. The van der Waals surface area contributed by atoms with Gasteiger partial charge in [0, 0.05) is 22.4 Å². The van der Waals surface area contributed by atoms with Crippen molar-refractivity contribution >= 4 is 29.1 Å². The molecule has 3 heteroatoms. The van der Waals surface area contributed by atoms with Gasteiger partial charge in [0.1, 0.15) is 0 Å². The van der Waals surface area contributed by atoms with E-state index in [1.807, 2.05) is 23.9 Å². The van der Waals surface area contributed by atoms with E-state index < -0.39 is 0 Å². The number of thioether (sulfide) groups is 1. The maximum atomic E-state index is 6.12. The molecular weight excluding hydrogens is 202 g/mol. The molecule has 1 atom stereocenters. The highest BCUT2D eigenvalue weighted by Crippen LogP contribution is 2.39. The summed E-state index contributed by atoms with van der Waals surface area (Å²) < 4.78 is 0. The molecule has 1 aliphatic heterocycles. The first-order valence-electron chi connectivity index (χ1n) is 4.46. The van der Waals surface area contributed by atoms with Crippen LogP contribution in [0.15, 0.2) is 23.1 Å². The molecule has 0 aromatic heterocycles. The van der Waals surface area contributed by atoms with Gasteiger partial charge >= 0.3 is 0 Å². The van der Waals surface area contributed by atoms with E-state index >= 15 is 0 Å². The van der Waals surface area contributed by atoms with Gasteiger partial charge in [0.2, 0.25) is 0 Å². The summed E-state index contributed by atoms with van der Waals surface area (Å²) in [6.07, 6.45) is 1.19. The minimum Gasteiger partial charge on any atom is -0.384 e. The second-order valence-electron chi connectivity index (χ2n) is 3.26. The Morgan fingerprint density at radius 1 is 1.54 bits per heavy atom. The highest BCUT2D eigenvalue weighted by molar-refractivity contribution is 8.00. The molecule has 0 bridgehead atoms. The summed E-state index contributed by atoms with van der Waals surface area (Å²) in [5, 5.41) is 4.90. The van der Waals surface area contributed by atoms with Crippen molar-refractivity contribution in [1.29, 1.82) is 0 Å². The first-order chi connectivity index (χ1) is 6.27. The highest BCUT2D eigenvalue weighted by Gasteiger charge is 2.15. The predicted molar refractivity (Wildman–Crippen MR) is 59.9 cm³/mol. The van der Waals surface area contributed by atoms with E-state index in [-0.39, 0.29) is 0 Å². The predicted octanol–water partition coefficient (Wildman–Crippen LogP) is 3.64. The van der Waals surface area contributed by atoms with Gasteiger partial charge in [0.15, 0.2) is 0 Å². The molecule has 0 aliphatic carbocycles. The average Bonchev–Trinajstić information content (AvgIpc) is 2.28. The fraction of sp³-hybridized carbons (Fsp3) is 0.400. The van der Waals surface area contributed by atoms with E-state index in [0.29, 0.717) is 5.25 Å². The topological polar surface area (TPSA) is 12.0 Å². The SMILES string of the molecule is CC1CCNc2cccc(Cl)c2S1. The Morgan fingerprint density at radius 2 is 2.38 bits per heavy atom. The van der Waals surface area contributed by atoms with Crippen LogP contribution in [0.4, 0.5) is 5.69 Å². The molecular formula is C10H12ClNS. The third kappa shape index (κ3) is 1.94. The van der Waals surface area contributed by atoms with Gasteiger partial charge in [-0.05, 0) is 18.6 Å². The van der Waals surface area contributed by atoms with Crippen molar-refractivity contribution in [3.63, 3.8) is 0 Å². The molecule has 1 aliphatic rings. The van der Waals surface area contributed by atoms with Crippen molar-refractivity contribution in [1.82, 2.24) is 0 Å². The summed E-state index contributed by atoms with van der Waals surface area (Å²) in [6, 6.07) is 6.03. The smallest absolute Gasteiger partial charge is 0.0562 e. The fourth-order valence-electron chi connectivity index (χ4n) is 1.44. The van der Waals surface area contributed by atoms with Crippen LogP contribution in [0.5, 0.6) is 0 Å². The average molecular weight is 214 g/mol. The molecule has 0 spiro atoms. The molecule has 0 amide bonds. The van der Waals surface area contributed by atoms with Crippen LogP contribution in [0.1, 0.15) is 13.3 Å². The quantitative estimate of drug-likeness (QED) is 0.706. The largest absolute Gasteiger partial charge is 0.384 e. The van der Waals surface area contributed by atoms with Crippen LogP contribution >= 0.6 is 23.4 Å². The van der Waals surface area contributed by atoms with Gasteiger partial charge in [0.05, 0.1) is 5.02 Å². The lowest BCUT2D eigenvalue weighted by Gasteiger charge is -2.08. The Hall–Kier alpha value is -0.340. The molecule has 1 heterocycles. The van der Waals surface area contributed by atoms with Crippen LogP contribution in [0, 0.1) is 0 Å². The van der Waals surface area contributed by atoms with Crippen molar-refractivity contribution < 1.29 is 0 Å². The number of anilines is 1. The van der Waals surface area contributed by atoms with Crippen LogP contribution < -0.4 is 5.32 Å². The normalized spacial score (nSPS) is 21.5. The summed E-state index contributed by atoms with van der Waals surface area (Å²) in [5.41, 5.74) is 1.18. The monoisotopic (exact) mass is 213 g/mol. The second-order valence-corrected chi connectivity index (χ2v) is 5.12. The highest BCUT2D eigenvalue weighted by atomic mass is 35.5. The van der Waals surface area contributed by atoms with E-state index in [2.05, 4.69) is 18.3 Å². The molecule has 1 aromatic rings. The molecule has 2 rings (SSSR count).